The molecule has 1 atom stereocenters. The van der Waals surface area contributed by atoms with E-state index in [2.05, 4.69) is 57.3 Å². The third-order valence-electron chi connectivity index (χ3n) is 4.66. The van der Waals surface area contributed by atoms with E-state index in [-0.39, 0.29) is 6.04 Å². The highest BCUT2D eigenvalue weighted by Gasteiger charge is 2.30. The van der Waals surface area contributed by atoms with Gasteiger partial charge in [-0.1, -0.05) is 45.7 Å². The van der Waals surface area contributed by atoms with E-state index in [1.807, 2.05) is 36.4 Å². The topological polar surface area (TPSA) is 24.8 Å². The van der Waals surface area contributed by atoms with Gasteiger partial charge in [0.25, 0.3) is 0 Å². The molecule has 136 valence electrons. The fraction of sp³-hybridized carbons (Fsp3) is 0.136. The second-order valence-corrected chi connectivity index (χ2v) is 7.72. The van der Waals surface area contributed by atoms with E-state index in [1.165, 1.54) is 5.56 Å². The Bertz CT molecular complexity index is 970. The number of hydrogen-bond acceptors (Lipinski definition) is 3. The summed E-state index contributed by atoms with van der Waals surface area (Å²) in [6.07, 6.45) is 0.820. The molecule has 0 N–H and O–H groups in total. The van der Waals surface area contributed by atoms with Gasteiger partial charge in [-0.15, -0.1) is 0 Å². The van der Waals surface area contributed by atoms with Gasteiger partial charge in [-0.2, -0.15) is 5.10 Å². The molecule has 0 aliphatic carbocycles. The number of methoxy groups -OCH3 is 1. The predicted molar refractivity (Wildman–Crippen MR) is 115 cm³/mol. The molecule has 4 rings (SSSR count). The van der Waals surface area contributed by atoms with Crippen molar-refractivity contribution in [2.75, 3.05) is 12.1 Å². The van der Waals surface area contributed by atoms with Gasteiger partial charge in [0.05, 0.1) is 24.6 Å². The number of hydrogen-bond donors (Lipinski definition) is 0. The molecule has 0 saturated heterocycles. The molecule has 1 aliphatic heterocycles. The Morgan fingerprint density at radius 2 is 1.78 bits per heavy atom. The molecule has 0 saturated carbocycles. The largest absolute Gasteiger partial charge is 0.497 e. The summed E-state index contributed by atoms with van der Waals surface area (Å²) in [5.74, 6) is 0.843. The molecule has 0 aromatic heterocycles. The number of rotatable bonds is 4. The normalized spacial score (nSPS) is 16.3. The van der Waals surface area contributed by atoms with Gasteiger partial charge in [0, 0.05) is 15.9 Å². The molecule has 0 radical (unpaired) electrons. The van der Waals surface area contributed by atoms with Crippen LogP contribution in [0.4, 0.5) is 5.69 Å². The standard InChI is InChI=1S/C22H18BrClN2O/c1-27-20-11-7-15(8-12-20)21-14-22(16-5-9-18(24)10-6-16)26(25-21)19-4-2-3-17(23)13-19/h2-13,22H,14H2,1H3/t22-/m1/s1. The van der Waals surface area contributed by atoms with E-state index < -0.39 is 0 Å². The van der Waals surface area contributed by atoms with Crippen LogP contribution < -0.4 is 9.75 Å². The summed E-state index contributed by atoms with van der Waals surface area (Å²) in [5.41, 5.74) is 4.39. The second-order valence-electron chi connectivity index (χ2n) is 6.37. The van der Waals surface area contributed by atoms with Gasteiger partial charge in [0.1, 0.15) is 5.75 Å². The third kappa shape index (κ3) is 3.87. The van der Waals surface area contributed by atoms with Crippen molar-refractivity contribution >= 4 is 38.9 Å². The SMILES string of the molecule is COc1ccc(C2=NN(c3cccc(Br)c3)[C@@H](c3ccc(Cl)cc3)C2)cc1. The summed E-state index contributed by atoms with van der Waals surface area (Å²) in [6, 6.07) is 24.4. The molecule has 0 amide bonds. The zero-order valence-corrected chi connectivity index (χ0v) is 17.1. The Balaban J connectivity index is 1.73. The highest BCUT2D eigenvalue weighted by Crippen LogP contribution is 2.38. The lowest BCUT2D eigenvalue weighted by molar-refractivity contribution is 0.415. The van der Waals surface area contributed by atoms with Crippen molar-refractivity contribution in [3.8, 4) is 5.75 Å². The molecule has 27 heavy (non-hydrogen) atoms. The molecule has 1 heterocycles. The Hall–Kier alpha value is -2.30. The fourth-order valence-electron chi connectivity index (χ4n) is 3.27. The van der Waals surface area contributed by atoms with Crippen LogP contribution in [0, 0.1) is 0 Å². The van der Waals surface area contributed by atoms with Crippen molar-refractivity contribution in [1.82, 2.24) is 0 Å². The third-order valence-corrected chi connectivity index (χ3v) is 5.41. The van der Waals surface area contributed by atoms with Gasteiger partial charge in [0.15, 0.2) is 0 Å². The zero-order valence-electron chi connectivity index (χ0n) is 14.8. The summed E-state index contributed by atoms with van der Waals surface area (Å²) in [4.78, 5) is 0. The van der Waals surface area contributed by atoms with E-state index in [0.29, 0.717) is 0 Å². The van der Waals surface area contributed by atoms with Crippen LogP contribution in [0.5, 0.6) is 5.75 Å². The van der Waals surface area contributed by atoms with Crippen LogP contribution in [0.15, 0.2) is 82.4 Å². The highest BCUT2D eigenvalue weighted by molar-refractivity contribution is 9.10. The summed E-state index contributed by atoms with van der Waals surface area (Å²) in [5, 5.41) is 7.79. The van der Waals surface area contributed by atoms with Crippen LogP contribution in [0.1, 0.15) is 23.6 Å². The maximum absolute atomic E-state index is 6.09. The fourth-order valence-corrected chi connectivity index (χ4v) is 3.78. The first-order valence-electron chi connectivity index (χ1n) is 8.66. The lowest BCUT2D eigenvalue weighted by atomic mass is 9.98. The number of hydrazone groups is 1. The van der Waals surface area contributed by atoms with Gasteiger partial charge < -0.3 is 4.74 Å². The van der Waals surface area contributed by atoms with E-state index >= 15 is 0 Å². The maximum atomic E-state index is 6.09. The molecule has 1 aliphatic rings. The molecular weight excluding hydrogens is 424 g/mol. The van der Waals surface area contributed by atoms with Crippen LogP contribution in [0.25, 0.3) is 0 Å². The van der Waals surface area contributed by atoms with Gasteiger partial charge in [0.2, 0.25) is 0 Å². The van der Waals surface area contributed by atoms with Crippen LogP contribution in [0.2, 0.25) is 5.02 Å². The molecule has 5 heteroatoms. The summed E-state index contributed by atoms with van der Waals surface area (Å²) >= 11 is 9.65. The van der Waals surface area contributed by atoms with Crippen LogP contribution in [-0.4, -0.2) is 12.8 Å². The van der Waals surface area contributed by atoms with Gasteiger partial charge in [-0.25, -0.2) is 0 Å². The maximum Gasteiger partial charge on any atom is 0.118 e. The van der Waals surface area contributed by atoms with Crippen molar-refractivity contribution in [3.63, 3.8) is 0 Å². The van der Waals surface area contributed by atoms with Gasteiger partial charge in [-0.3, -0.25) is 5.01 Å². The van der Waals surface area contributed by atoms with Gasteiger partial charge in [-0.05, 0) is 65.7 Å². The van der Waals surface area contributed by atoms with Crippen LogP contribution >= 0.6 is 27.5 Å². The monoisotopic (exact) mass is 440 g/mol. The Labute approximate surface area is 172 Å². The molecule has 3 aromatic carbocycles. The zero-order chi connectivity index (χ0) is 18.8. The molecule has 0 fully saturated rings. The van der Waals surface area contributed by atoms with E-state index in [9.17, 15) is 0 Å². The smallest absolute Gasteiger partial charge is 0.118 e. The lowest BCUT2D eigenvalue weighted by Crippen LogP contribution is -2.18. The van der Waals surface area contributed by atoms with Crippen molar-refractivity contribution in [2.24, 2.45) is 5.10 Å². The van der Waals surface area contributed by atoms with Crippen molar-refractivity contribution in [3.05, 3.63) is 93.4 Å². The molecule has 0 unspecified atom stereocenters. The van der Waals surface area contributed by atoms with Gasteiger partial charge >= 0.3 is 0 Å². The summed E-state index contributed by atoms with van der Waals surface area (Å²) in [7, 11) is 1.67. The predicted octanol–water partition coefficient (Wildman–Crippen LogP) is 6.47. The Morgan fingerprint density at radius 1 is 1.04 bits per heavy atom. The minimum atomic E-state index is 0.119. The molecule has 3 aromatic rings. The first-order valence-corrected chi connectivity index (χ1v) is 9.83. The number of anilines is 1. The summed E-state index contributed by atoms with van der Waals surface area (Å²) in [6.45, 7) is 0. The minimum absolute atomic E-state index is 0.119. The first kappa shape index (κ1) is 18.1. The average Bonchev–Trinajstić information content (AvgIpc) is 3.14. The highest BCUT2D eigenvalue weighted by atomic mass is 79.9. The second kappa shape index (κ2) is 7.75. The molecule has 3 nitrogen and oxygen atoms in total. The van der Waals surface area contributed by atoms with Crippen molar-refractivity contribution in [1.29, 1.82) is 0 Å². The van der Waals surface area contributed by atoms with Crippen LogP contribution in [0.3, 0.4) is 0 Å². The Kier molecular flexibility index (Phi) is 5.19. The van der Waals surface area contributed by atoms with Crippen LogP contribution in [-0.2, 0) is 0 Å². The Morgan fingerprint density at radius 3 is 2.44 bits per heavy atom. The van der Waals surface area contributed by atoms with Crippen molar-refractivity contribution < 1.29 is 4.74 Å². The first-order chi connectivity index (χ1) is 13.1. The average molecular weight is 442 g/mol. The molecule has 0 spiro atoms. The quantitative estimate of drug-likeness (QED) is 0.464. The van der Waals surface area contributed by atoms with E-state index in [0.717, 1.165) is 38.6 Å². The summed E-state index contributed by atoms with van der Waals surface area (Å²) < 4.78 is 6.30. The van der Waals surface area contributed by atoms with E-state index in [1.54, 1.807) is 7.11 Å². The number of halogens is 2. The van der Waals surface area contributed by atoms with E-state index in [4.69, 9.17) is 21.4 Å². The van der Waals surface area contributed by atoms with Crippen molar-refractivity contribution in [2.45, 2.75) is 12.5 Å². The number of ether oxygens (including phenoxy) is 1. The molecular formula is C22H18BrClN2O. The number of benzene rings is 3. The number of nitrogens with zero attached hydrogens (tertiary/aromatic N) is 2. The lowest BCUT2D eigenvalue weighted by Gasteiger charge is -2.24. The minimum Gasteiger partial charge on any atom is -0.497 e. The molecule has 0 bridgehead atoms.